The van der Waals surface area contributed by atoms with E-state index < -0.39 is 10.0 Å². The molecule has 0 spiro atoms. The molecule has 0 amide bonds. The van der Waals surface area contributed by atoms with Crippen molar-refractivity contribution in [3.63, 3.8) is 0 Å². The summed E-state index contributed by atoms with van der Waals surface area (Å²) < 4.78 is 30.7. The minimum absolute atomic E-state index is 0.0929. The van der Waals surface area contributed by atoms with Crippen LogP contribution in [0.1, 0.15) is 26.7 Å². The lowest BCUT2D eigenvalue weighted by Crippen LogP contribution is -2.47. The van der Waals surface area contributed by atoms with Crippen LogP contribution in [0, 0.1) is 0 Å². The summed E-state index contributed by atoms with van der Waals surface area (Å²) in [6, 6.07) is 0. The number of nitrogens with zero attached hydrogens (tertiary/aromatic N) is 1. The van der Waals surface area contributed by atoms with E-state index in [4.69, 9.17) is 4.74 Å². The molecule has 118 valence electrons. The monoisotopic (exact) mass is 306 g/mol. The number of ether oxygens (including phenoxy) is 1. The van der Waals surface area contributed by atoms with E-state index in [2.05, 4.69) is 27.3 Å². The number of nitrogens with one attached hydrogen (secondary N) is 3. The van der Waals surface area contributed by atoms with Crippen LogP contribution in [0.4, 0.5) is 0 Å². The second-order valence-corrected chi connectivity index (χ2v) is 7.15. The van der Waals surface area contributed by atoms with Crippen LogP contribution in [0.5, 0.6) is 0 Å². The SMILES string of the molecule is CCS(=O)(=O)NCCNC(=NC)NCC1(C)CCCO1. The summed E-state index contributed by atoms with van der Waals surface area (Å²) in [4.78, 5) is 4.10. The van der Waals surface area contributed by atoms with Gasteiger partial charge in [-0.25, -0.2) is 13.1 Å². The molecule has 0 aromatic carbocycles. The van der Waals surface area contributed by atoms with Crippen LogP contribution >= 0.6 is 0 Å². The molecule has 7 nitrogen and oxygen atoms in total. The summed E-state index contributed by atoms with van der Waals surface area (Å²) in [7, 11) is -1.45. The van der Waals surface area contributed by atoms with Gasteiger partial charge < -0.3 is 15.4 Å². The highest BCUT2D eigenvalue weighted by molar-refractivity contribution is 7.89. The molecule has 1 rings (SSSR count). The summed E-state index contributed by atoms with van der Waals surface area (Å²) in [5.74, 6) is 0.743. The van der Waals surface area contributed by atoms with E-state index in [0.717, 1.165) is 19.4 Å². The quantitative estimate of drug-likeness (QED) is 0.340. The van der Waals surface area contributed by atoms with Crippen molar-refractivity contribution in [1.29, 1.82) is 0 Å². The largest absolute Gasteiger partial charge is 0.373 e. The molecule has 0 radical (unpaired) electrons. The zero-order valence-corrected chi connectivity index (χ0v) is 13.3. The number of hydrogen-bond donors (Lipinski definition) is 3. The molecule has 0 bridgehead atoms. The molecule has 1 unspecified atom stereocenters. The van der Waals surface area contributed by atoms with Crippen molar-refractivity contribution >= 4 is 16.0 Å². The maximum absolute atomic E-state index is 11.3. The average molecular weight is 306 g/mol. The van der Waals surface area contributed by atoms with E-state index in [1.54, 1.807) is 14.0 Å². The fraction of sp³-hybridized carbons (Fsp3) is 0.917. The molecule has 1 atom stereocenters. The highest BCUT2D eigenvalue weighted by atomic mass is 32.2. The summed E-state index contributed by atoms with van der Waals surface area (Å²) >= 11 is 0. The predicted octanol–water partition coefficient (Wildman–Crippen LogP) is -0.340. The summed E-state index contributed by atoms with van der Waals surface area (Å²) in [5.41, 5.74) is -0.137. The van der Waals surface area contributed by atoms with Crippen molar-refractivity contribution in [2.75, 3.05) is 39.0 Å². The van der Waals surface area contributed by atoms with Gasteiger partial charge in [0.2, 0.25) is 10.0 Å². The Bertz CT molecular complexity index is 416. The highest BCUT2D eigenvalue weighted by Crippen LogP contribution is 2.23. The number of hydrogen-bond acceptors (Lipinski definition) is 4. The molecule has 0 aromatic rings. The second kappa shape index (κ2) is 7.80. The van der Waals surface area contributed by atoms with Gasteiger partial charge in [-0.05, 0) is 26.7 Å². The van der Waals surface area contributed by atoms with Crippen LogP contribution in [0.3, 0.4) is 0 Å². The van der Waals surface area contributed by atoms with Gasteiger partial charge >= 0.3 is 0 Å². The zero-order chi connectivity index (χ0) is 15.1. The third-order valence-corrected chi connectivity index (χ3v) is 4.68. The Labute approximate surface area is 121 Å². The molecule has 1 saturated heterocycles. The molecule has 20 heavy (non-hydrogen) atoms. The molecule has 1 aliphatic rings. The van der Waals surface area contributed by atoms with Crippen LogP contribution in [0.2, 0.25) is 0 Å². The van der Waals surface area contributed by atoms with Gasteiger partial charge in [-0.3, -0.25) is 4.99 Å². The minimum Gasteiger partial charge on any atom is -0.373 e. The maximum Gasteiger partial charge on any atom is 0.211 e. The Hall–Kier alpha value is -0.860. The van der Waals surface area contributed by atoms with Crippen LogP contribution < -0.4 is 15.4 Å². The van der Waals surface area contributed by atoms with Crippen molar-refractivity contribution in [2.45, 2.75) is 32.3 Å². The Morgan fingerprint density at radius 2 is 2.10 bits per heavy atom. The van der Waals surface area contributed by atoms with Crippen molar-refractivity contribution < 1.29 is 13.2 Å². The van der Waals surface area contributed by atoms with Crippen LogP contribution in [0.25, 0.3) is 0 Å². The molecule has 0 saturated carbocycles. The smallest absolute Gasteiger partial charge is 0.211 e. The molecule has 0 aliphatic carbocycles. The lowest BCUT2D eigenvalue weighted by molar-refractivity contribution is 0.0243. The maximum atomic E-state index is 11.3. The van der Waals surface area contributed by atoms with Crippen molar-refractivity contribution in [3.05, 3.63) is 0 Å². The van der Waals surface area contributed by atoms with Gasteiger partial charge in [0.05, 0.1) is 11.4 Å². The molecular weight excluding hydrogens is 280 g/mol. The molecular formula is C12H26N4O3S. The summed E-state index contributed by atoms with van der Waals surface area (Å²) in [5, 5.41) is 6.26. The van der Waals surface area contributed by atoms with Gasteiger partial charge in [0.1, 0.15) is 0 Å². The van der Waals surface area contributed by atoms with Gasteiger partial charge in [-0.1, -0.05) is 0 Å². The van der Waals surface area contributed by atoms with Crippen molar-refractivity contribution in [3.8, 4) is 0 Å². The normalized spacial score (nSPS) is 23.9. The Morgan fingerprint density at radius 3 is 2.65 bits per heavy atom. The van der Waals surface area contributed by atoms with E-state index in [1.807, 2.05) is 0 Å². The standard InChI is InChI=1S/C12H26N4O3S/c1-4-20(17,18)16-8-7-14-11(13-3)15-10-12(2)6-5-9-19-12/h16H,4-10H2,1-3H3,(H2,13,14,15). The fourth-order valence-electron chi connectivity index (χ4n) is 1.96. The number of guanidine groups is 1. The highest BCUT2D eigenvalue weighted by Gasteiger charge is 2.29. The first-order valence-corrected chi connectivity index (χ1v) is 8.62. The van der Waals surface area contributed by atoms with Gasteiger partial charge in [0.15, 0.2) is 5.96 Å². The molecule has 1 fully saturated rings. The van der Waals surface area contributed by atoms with Crippen LogP contribution in [-0.2, 0) is 14.8 Å². The van der Waals surface area contributed by atoms with Gasteiger partial charge in [-0.15, -0.1) is 0 Å². The molecule has 3 N–H and O–H groups in total. The minimum atomic E-state index is -3.13. The first-order valence-electron chi connectivity index (χ1n) is 6.96. The molecule has 0 aromatic heterocycles. The Kier molecular flexibility index (Phi) is 6.70. The van der Waals surface area contributed by atoms with Crippen LogP contribution in [0.15, 0.2) is 4.99 Å². The topological polar surface area (TPSA) is 91.8 Å². The van der Waals surface area contributed by atoms with Crippen LogP contribution in [-0.4, -0.2) is 59.0 Å². The van der Waals surface area contributed by atoms with Gasteiger partial charge in [0.25, 0.3) is 0 Å². The van der Waals surface area contributed by atoms with E-state index in [0.29, 0.717) is 25.6 Å². The molecule has 1 aliphatic heterocycles. The van der Waals surface area contributed by atoms with E-state index in [9.17, 15) is 8.42 Å². The Morgan fingerprint density at radius 1 is 1.35 bits per heavy atom. The van der Waals surface area contributed by atoms with Gasteiger partial charge in [-0.2, -0.15) is 0 Å². The van der Waals surface area contributed by atoms with Crippen molar-refractivity contribution in [2.24, 2.45) is 4.99 Å². The number of rotatable bonds is 7. The molecule has 8 heteroatoms. The second-order valence-electron chi connectivity index (χ2n) is 5.05. The third-order valence-electron chi connectivity index (χ3n) is 3.27. The van der Waals surface area contributed by atoms with E-state index in [1.165, 1.54) is 0 Å². The predicted molar refractivity (Wildman–Crippen MR) is 80.4 cm³/mol. The zero-order valence-electron chi connectivity index (χ0n) is 12.5. The first-order chi connectivity index (χ1) is 9.41. The van der Waals surface area contributed by atoms with Crippen molar-refractivity contribution in [1.82, 2.24) is 15.4 Å². The van der Waals surface area contributed by atoms with Gasteiger partial charge in [0, 0.05) is 33.3 Å². The van der Waals surface area contributed by atoms with E-state index >= 15 is 0 Å². The lowest BCUT2D eigenvalue weighted by Gasteiger charge is -2.24. The lowest BCUT2D eigenvalue weighted by atomic mass is 10.0. The first kappa shape index (κ1) is 17.2. The average Bonchev–Trinajstić information content (AvgIpc) is 2.85. The Balaban J connectivity index is 2.23. The van der Waals surface area contributed by atoms with E-state index in [-0.39, 0.29) is 11.4 Å². The summed E-state index contributed by atoms with van der Waals surface area (Å²) in [6.45, 7) is 6.01. The summed E-state index contributed by atoms with van der Waals surface area (Å²) in [6.07, 6.45) is 2.12. The third kappa shape index (κ3) is 6.06. The molecule has 1 heterocycles. The number of aliphatic imine (C=N–C) groups is 1. The number of sulfonamides is 1. The fourth-order valence-corrected chi connectivity index (χ4v) is 2.57.